The molecule has 6 heterocycles. The van der Waals surface area contributed by atoms with Crippen LogP contribution >= 0.6 is 23.2 Å². The van der Waals surface area contributed by atoms with Gasteiger partial charge >= 0.3 is 5.97 Å². The number of carboxylic acid groups (broad SMARTS) is 1. The van der Waals surface area contributed by atoms with E-state index in [4.69, 9.17) is 32.9 Å². The predicted octanol–water partition coefficient (Wildman–Crippen LogP) is 4.71. The molecule has 0 aliphatic carbocycles. The van der Waals surface area contributed by atoms with Crippen LogP contribution in [0.1, 0.15) is 28.4 Å². The van der Waals surface area contributed by atoms with Crippen LogP contribution in [-0.4, -0.2) is 92.5 Å². The molecule has 2 aliphatic rings. The van der Waals surface area contributed by atoms with E-state index < -0.39 is 11.4 Å². The Labute approximate surface area is 286 Å². The van der Waals surface area contributed by atoms with Crippen LogP contribution in [0.25, 0.3) is 16.6 Å². The number of likely N-dealkylation sites (N-methyl/N-ethyl adjacent to an activating group) is 1. The van der Waals surface area contributed by atoms with E-state index in [1.165, 1.54) is 6.20 Å². The molecule has 2 saturated heterocycles. The van der Waals surface area contributed by atoms with Gasteiger partial charge in [0, 0.05) is 62.6 Å². The van der Waals surface area contributed by atoms with Crippen LogP contribution in [0.4, 0.5) is 11.5 Å². The number of carbonyl (C=O) groups is 1. The first-order chi connectivity index (χ1) is 23.1. The molecule has 0 amide bonds. The Balaban J connectivity index is 1.29. The second-order valence-electron chi connectivity index (χ2n) is 12.6. The van der Waals surface area contributed by atoms with Gasteiger partial charge in [0.2, 0.25) is 11.3 Å². The average Bonchev–Trinajstić information content (AvgIpc) is 3.66. The SMILES string of the molecule is CN(C)C1CN(c2ccc(-n3cc(C(=O)O)c(=O)c4cc(Cl)c(N5CC(c6cn(C)cn6)C[C@@H]5COc5ncccc5Cl)cc43)cn2)C1. The van der Waals surface area contributed by atoms with Gasteiger partial charge in [-0.1, -0.05) is 23.2 Å². The maximum Gasteiger partial charge on any atom is 0.341 e. The van der Waals surface area contributed by atoms with Gasteiger partial charge in [-0.15, -0.1) is 0 Å². The molecule has 0 saturated carbocycles. The van der Waals surface area contributed by atoms with Crippen molar-refractivity contribution >= 4 is 51.6 Å². The van der Waals surface area contributed by atoms with Crippen LogP contribution in [0.2, 0.25) is 10.0 Å². The zero-order valence-electron chi connectivity index (χ0n) is 26.6. The van der Waals surface area contributed by atoms with Crippen LogP contribution in [0.5, 0.6) is 5.88 Å². The molecule has 248 valence electrons. The van der Waals surface area contributed by atoms with Gasteiger partial charge in [0.05, 0.1) is 46.2 Å². The number of aryl methyl sites for hydroxylation is 1. The number of aromatic nitrogens is 5. The Kier molecular flexibility index (Phi) is 8.48. The molecule has 2 atom stereocenters. The highest BCUT2D eigenvalue weighted by molar-refractivity contribution is 6.34. The lowest BCUT2D eigenvalue weighted by Crippen LogP contribution is -2.57. The highest BCUT2D eigenvalue weighted by Gasteiger charge is 2.36. The van der Waals surface area contributed by atoms with Gasteiger partial charge in [-0.2, -0.15) is 0 Å². The number of imidazole rings is 1. The fourth-order valence-electron chi connectivity index (χ4n) is 6.48. The van der Waals surface area contributed by atoms with E-state index in [1.807, 2.05) is 36.0 Å². The van der Waals surface area contributed by atoms with E-state index in [2.05, 4.69) is 38.8 Å². The van der Waals surface area contributed by atoms with Gasteiger partial charge in [0.25, 0.3) is 0 Å². The third-order valence-electron chi connectivity index (χ3n) is 9.23. The number of hydrogen-bond donors (Lipinski definition) is 1. The van der Waals surface area contributed by atoms with Crippen LogP contribution in [0, 0.1) is 0 Å². The maximum absolute atomic E-state index is 13.5. The second kappa shape index (κ2) is 12.8. The number of aromatic carboxylic acids is 1. The van der Waals surface area contributed by atoms with E-state index in [-0.39, 0.29) is 29.5 Å². The number of halogens is 2. The van der Waals surface area contributed by atoms with E-state index in [0.29, 0.717) is 45.4 Å². The minimum absolute atomic E-state index is 0.0766. The number of fused-ring (bicyclic) bond motifs is 1. The highest BCUT2D eigenvalue weighted by Crippen LogP contribution is 2.40. The van der Waals surface area contributed by atoms with Crippen molar-refractivity contribution in [3.8, 4) is 11.6 Å². The molecule has 48 heavy (non-hydrogen) atoms. The van der Waals surface area contributed by atoms with Gasteiger partial charge in [0.1, 0.15) is 23.0 Å². The summed E-state index contributed by atoms with van der Waals surface area (Å²) >= 11 is 13.3. The van der Waals surface area contributed by atoms with Crippen molar-refractivity contribution in [2.24, 2.45) is 7.05 Å². The monoisotopic (exact) mass is 688 g/mol. The molecule has 0 radical (unpaired) electrons. The quantitative estimate of drug-likeness (QED) is 0.233. The number of carboxylic acids is 1. The smallest absolute Gasteiger partial charge is 0.341 e. The molecule has 1 unspecified atom stereocenters. The zero-order valence-corrected chi connectivity index (χ0v) is 28.1. The van der Waals surface area contributed by atoms with Gasteiger partial charge in [-0.3, -0.25) is 4.79 Å². The largest absolute Gasteiger partial charge is 0.477 e. The molecule has 1 N–H and O–H groups in total. The Bertz CT molecular complexity index is 2060. The van der Waals surface area contributed by atoms with Crippen molar-refractivity contribution in [2.75, 3.05) is 50.1 Å². The lowest BCUT2D eigenvalue weighted by Gasteiger charge is -2.43. The number of anilines is 2. The van der Waals surface area contributed by atoms with E-state index in [1.54, 1.807) is 41.5 Å². The standard InChI is InChI=1S/C34H34Cl2N8O4/c1-40(2)23-14-42(15-23)31-7-6-21(12-38-31)44-16-25(34(46)47)32(45)24-10-27(36)30(11-29(24)44)43-13-20(28-17-41(3)19-39-28)9-22(43)18-48-33-26(35)5-4-8-37-33/h4-8,10-12,16-17,19-20,22-23H,9,13-15,18H2,1-3H3,(H,46,47)/t20?,22-/m1/s1. The number of benzene rings is 1. The molecule has 1 aromatic carbocycles. The Hall–Kier alpha value is -4.65. The van der Waals surface area contributed by atoms with Crippen LogP contribution in [0.15, 0.2) is 72.3 Å². The molecule has 12 nitrogen and oxygen atoms in total. The van der Waals surface area contributed by atoms with Gasteiger partial charge < -0.3 is 33.7 Å². The molecular weight excluding hydrogens is 655 g/mol. The number of rotatable bonds is 9. The van der Waals surface area contributed by atoms with E-state index in [9.17, 15) is 14.7 Å². The molecular formula is C34H34Cl2N8O4. The van der Waals surface area contributed by atoms with Crippen molar-refractivity contribution < 1.29 is 14.6 Å². The summed E-state index contributed by atoms with van der Waals surface area (Å²) in [6.45, 7) is 2.61. The fraction of sp³-hybridized carbons (Fsp3) is 0.324. The second-order valence-corrected chi connectivity index (χ2v) is 13.4. The zero-order chi connectivity index (χ0) is 33.7. The first-order valence-electron chi connectivity index (χ1n) is 15.5. The summed E-state index contributed by atoms with van der Waals surface area (Å²) in [5.74, 6) is -0.0732. The molecule has 5 aromatic rings. The van der Waals surface area contributed by atoms with Crippen molar-refractivity contribution in [3.05, 3.63) is 99.0 Å². The summed E-state index contributed by atoms with van der Waals surface area (Å²) in [5, 5.41) is 10.9. The fourth-order valence-corrected chi connectivity index (χ4v) is 6.93. The normalized spacial score (nSPS) is 18.1. The first kappa shape index (κ1) is 31.9. The summed E-state index contributed by atoms with van der Waals surface area (Å²) in [5.41, 5.74) is 1.78. The van der Waals surface area contributed by atoms with Crippen molar-refractivity contribution in [1.82, 2.24) is 29.0 Å². The van der Waals surface area contributed by atoms with Crippen LogP contribution < -0.4 is 20.0 Å². The third kappa shape index (κ3) is 5.95. The summed E-state index contributed by atoms with van der Waals surface area (Å²) < 4.78 is 9.73. The third-order valence-corrected chi connectivity index (χ3v) is 9.82. The number of nitrogens with zero attached hydrogens (tertiary/aromatic N) is 8. The molecule has 2 aliphatic heterocycles. The summed E-state index contributed by atoms with van der Waals surface area (Å²) in [6.07, 6.45) is 9.19. The van der Waals surface area contributed by atoms with Crippen LogP contribution in [0.3, 0.4) is 0 Å². The Morgan fingerprint density at radius 3 is 2.54 bits per heavy atom. The maximum atomic E-state index is 13.5. The molecule has 0 spiro atoms. The number of ether oxygens (including phenoxy) is 1. The molecule has 4 aromatic heterocycles. The summed E-state index contributed by atoms with van der Waals surface area (Å²) in [6, 6.07) is 11.0. The van der Waals surface area contributed by atoms with Crippen molar-refractivity contribution in [3.63, 3.8) is 0 Å². The van der Waals surface area contributed by atoms with E-state index >= 15 is 0 Å². The lowest BCUT2D eigenvalue weighted by atomic mass is 10.0. The lowest BCUT2D eigenvalue weighted by molar-refractivity contribution is 0.0695. The number of pyridine rings is 3. The van der Waals surface area contributed by atoms with Gasteiger partial charge in [-0.25, -0.2) is 19.7 Å². The minimum Gasteiger partial charge on any atom is -0.477 e. The first-order valence-corrected chi connectivity index (χ1v) is 16.3. The summed E-state index contributed by atoms with van der Waals surface area (Å²) in [7, 11) is 6.06. The van der Waals surface area contributed by atoms with E-state index in [0.717, 1.165) is 31.0 Å². The van der Waals surface area contributed by atoms with Crippen molar-refractivity contribution in [1.29, 1.82) is 0 Å². The molecule has 2 fully saturated rings. The Morgan fingerprint density at radius 2 is 1.88 bits per heavy atom. The van der Waals surface area contributed by atoms with Crippen molar-refractivity contribution in [2.45, 2.75) is 24.4 Å². The Morgan fingerprint density at radius 1 is 1.06 bits per heavy atom. The topological polar surface area (TPSA) is 122 Å². The number of hydrogen-bond acceptors (Lipinski definition) is 9. The predicted molar refractivity (Wildman–Crippen MR) is 185 cm³/mol. The molecule has 7 rings (SSSR count). The van der Waals surface area contributed by atoms with Gasteiger partial charge in [-0.05, 0) is 56.9 Å². The van der Waals surface area contributed by atoms with Crippen LogP contribution in [-0.2, 0) is 7.05 Å². The highest BCUT2D eigenvalue weighted by atomic mass is 35.5. The van der Waals surface area contributed by atoms with Gasteiger partial charge in [0.15, 0.2) is 0 Å². The molecule has 14 heteroatoms. The summed E-state index contributed by atoms with van der Waals surface area (Å²) in [4.78, 5) is 45.8. The average molecular weight is 690 g/mol. The molecule has 0 bridgehead atoms. The minimum atomic E-state index is -1.32.